The fourth-order valence-corrected chi connectivity index (χ4v) is 2.58. The van der Waals surface area contributed by atoms with E-state index in [1.165, 1.54) is 5.56 Å². The molecule has 21 heavy (non-hydrogen) atoms. The highest BCUT2D eigenvalue weighted by atomic mass is 16.5. The highest BCUT2D eigenvalue weighted by Gasteiger charge is 2.34. The summed E-state index contributed by atoms with van der Waals surface area (Å²) in [7, 11) is 0. The Morgan fingerprint density at radius 1 is 1.33 bits per heavy atom. The number of hydrogen-bond acceptors (Lipinski definition) is 4. The van der Waals surface area contributed by atoms with Crippen molar-refractivity contribution < 1.29 is 9.32 Å². The summed E-state index contributed by atoms with van der Waals surface area (Å²) in [5, 5.41) is 3.91. The molecule has 3 rings (SSSR count). The van der Waals surface area contributed by atoms with Gasteiger partial charge in [0, 0.05) is 25.9 Å². The average Bonchev–Trinajstić information content (AvgIpc) is 3.09. The number of carbonyl (C=O) groups excluding carboxylic acids is 1. The number of aryl methyl sites for hydroxylation is 2. The van der Waals surface area contributed by atoms with Gasteiger partial charge in [0.1, 0.15) is 0 Å². The molecule has 1 aromatic heterocycles. The maximum Gasteiger partial charge on any atom is 0.232 e. The number of aromatic nitrogens is 2. The molecule has 1 fully saturated rings. The Labute approximate surface area is 124 Å². The molecule has 0 aliphatic carbocycles. The second kappa shape index (κ2) is 5.68. The Bertz CT molecular complexity index is 633. The van der Waals surface area contributed by atoms with E-state index in [1.54, 1.807) is 0 Å². The molecule has 1 aliphatic heterocycles. The molecular weight excluding hydrogens is 266 g/mol. The Kier molecular flexibility index (Phi) is 3.73. The Balaban J connectivity index is 1.68. The van der Waals surface area contributed by atoms with Crippen LogP contribution in [0.3, 0.4) is 0 Å². The van der Waals surface area contributed by atoms with Crippen molar-refractivity contribution in [3.8, 4) is 0 Å². The summed E-state index contributed by atoms with van der Waals surface area (Å²) in [5.74, 6) is 1.47. The molecule has 0 radical (unpaired) electrons. The fourth-order valence-electron chi connectivity index (χ4n) is 2.58. The summed E-state index contributed by atoms with van der Waals surface area (Å²) in [6.07, 6.45) is 1.20. The highest BCUT2D eigenvalue weighted by molar-refractivity contribution is 5.79. The van der Waals surface area contributed by atoms with Gasteiger partial charge >= 0.3 is 0 Å². The first-order valence-electron chi connectivity index (χ1n) is 7.31. The van der Waals surface area contributed by atoms with Crippen molar-refractivity contribution in [1.82, 2.24) is 15.0 Å². The number of likely N-dealkylation sites (tertiary alicyclic amines) is 1. The van der Waals surface area contributed by atoms with Gasteiger partial charge in [-0.15, -0.1) is 0 Å². The van der Waals surface area contributed by atoms with E-state index in [4.69, 9.17) is 4.52 Å². The first kappa shape index (κ1) is 13.8. The number of carbonyl (C=O) groups is 1. The smallest absolute Gasteiger partial charge is 0.232 e. The van der Waals surface area contributed by atoms with Gasteiger partial charge < -0.3 is 9.42 Å². The zero-order valence-corrected chi connectivity index (χ0v) is 12.4. The number of benzene rings is 1. The Morgan fingerprint density at radius 2 is 2.10 bits per heavy atom. The summed E-state index contributed by atoms with van der Waals surface area (Å²) < 4.78 is 5.26. The van der Waals surface area contributed by atoms with E-state index >= 15 is 0 Å². The standard InChI is InChI=1S/C16H19N3O2/c1-3-14-17-16(21-18-14)13-8-15(20)19(10-13)9-12-6-4-11(2)5-7-12/h4-7,13H,3,8-10H2,1-2H3. The lowest BCUT2D eigenvalue weighted by atomic mass is 10.1. The van der Waals surface area contributed by atoms with Crippen LogP contribution in [0.15, 0.2) is 28.8 Å². The average molecular weight is 285 g/mol. The Hall–Kier alpha value is -2.17. The third-order valence-corrected chi connectivity index (χ3v) is 3.86. The van der Waals surface area contributed by atoms with Gasteiger partial charge in [0.2, 0.25) is 11.8 Å². The molecule has 1 atom stereocenters. The molecule has 1 aromatic carbocycles. The van der Waals surface area contributed by atoms with E-state index in [0.717, 1.165) is 12.0 Å². The van der Waals surface area contributed by atoms with E-state index in [0.29, 0.717) is 31.2 Å². The highest BCUT2D eigenvalue weighted by Crippen LogP contribution is 2.28. The summed E-state index contributed by atoms with van der Waals surface area (Å²) in [5.41, 5.74) is 2.37. The number of amides is 1. The number of rotatable bonds is 4. The van der Waals surface area contributed by atoms with Crippen molar-refractivity contribution in [3.05, 3.63) is 47.1 Å². The molecule has 1 aliphatic rings. The van der Waals surface area contributed by atoms with Gasteiger partial charge in [0.25, 0.3) is 0 Å². The van der Waals surface area contributed by atoms with Crippen LogP contribution in [0.1, 0.15) is 42.1 Å². The SMILES string of the molecule is CCc1noc(C2CC(=O)N(Cc3ccc(C)cc3)C2)n1. The summed E-state index contributed by atoms with van der Waals surface area (Å²) >= 11 is 0. The zero-order valence-electron chi connectivity index (χ0n) is 12.4. The number of nitrogens with zero attached hydrogens (tertiary/aromatic N) is 3. The predicted molar refractivity (Wildman–Crippen MR) is 77.6 cm³/mol. The lowest BCUT2D eigenvalue weighted by molar-refractivity contribution is -0.128. The van der Waals surface area contributed by atoms with Crippen molar-refractivity contribution in [3.63, 3.8) is 0 Å². The molecule has 1 amide bonds. The minimum absolute atomic E-state index is 0.0238. The molecule has 1 saturated heterocycles. The summed E-state index contributed by atoms with van der Waals surface area (Å²) in [6.45, 7) is 5.34. The van der Waals surface area contributed by atoms with Gasteiger partial charge in [-0.2, -0.15) is 4.98 Å². The quantitative estimate of drug-likeness (QED) is 0.865. The maximum absolute atomic E-state index is 12.1. The number of hydrogen-bond donors (Lipinski definition) is 0. The predicted octanol–water partition coefficient (Wildman–Crippen LogP) is 2.46. The third kappa shape index (κ3) is 2.96. The van der Waals surface area contributed by atoms with Crippen LogP contribution in [0, 0.1) is 6.92 Å². The van der Waals surface area contributed by atoms with Gasteiger partial charge in [0.15, 0.2) is 5.82 Å². The van der Waals surface area contributed by atoms with Crippen LogP contribution in [-0.4, -0.2) is 27.5 Å². The van der Waals surface area contributed by atoms with Crippen molar-refractivity contribution in [1.29, 1.82) is 0 Å². The minimum atomic E-state index is 0.0238. The normalized spacial score (nSPS) is 18.5. The summed E-state index contributed by atoms with van der Waals surface area (Å²) in [4.78, 5) is 18.3. The van der Waals surface area contributed by atoms with Crippen LogP contribution in [-0.2, 0) is 17.8 Å². The topological polar surface area (TPSA) is 59.2 Å². The van der Waals surface area contributed by atoms with Gasteiger partial charge in [-0.1, -0.05) is 41.9 Å². The second-order valence-electron chi connectivity index (χ2n) is 5.56. The van der Waals surface area contributed by atoms with Gasteiger partial charge in [-0.25, -0.2) is 0 Å². The van der Waals surface area contributed by atoms with Crippen molar-refractivity contribution >= 4 is 5.91 Å². The van der Waals surface area contributed by atoms with Crippen molar-refractivity contribution in [2.45, 2.75) is 39.2 Å². The van der Waals surface area contributed by atoms with E-state index in [9.17, 15) is 4.79 Å². The lowest BCUT2D eigenvalue weighted by Crippen LogP contribution is -2.24. The third-order valence-electron chi connectivity index (χ3n) is 3.86. The zero-order chi connectivity index (χ0) is 14.8. The molecule has 2 heterocycles. The van der Waals surface area contributed by atoms with E-state index < -0.39 is 0 Å². The molecule has 0 saturated carbocycles. The van der Waals surface area contributed by atoms with E-state index in [2.05, 4.69) is 41.3 Å². The lowest BCUT2D eigenvalue weighted by Gasteiger charge is -2.16. The first-order valence-corrected chi connectivity index (χ1v) is 7.31. The molecule has 5 nitrogen and oxygen atoms in total. The largest absolute Gasteiger partial charge is 0.339 e. The van der Waals surface area contributed by atoms with Gasteiger partial charge in [0.05, 0.1) is 5.92 Å². The van der Waals surface area contributed by atoms with Gasteiger partial charge in [-0.3, -0.25) is 4.79 Å². The first-order chi connectivity index (χ1) is 10.2. The fraction of sp³-hybridized carbons (Fsp3) is 0.438. The van der Waals surface area contributed by atoms with Crippen LogP contribution in [0.25, 0.3) is 0 Å². The molecule has 0 bridgehead atoms. The molecule has 2 aromatic rings. The Morgan fingerprint density at radius 3 is 2.76 bits per heavy atom. The molecule has 0 spiro atoms. The molecule has 5 heteroatoms. The van der Waals surface area contributed by atoms with Gasteiger partial charge in [-0.05, 0) is 12.5 Å². The minimum Gasteiger partial charge on any atom is -0.339 e. The van der Waals surface area contributed by atoms with Crippen LogP contribution in [0.2, 0.25) is 0 Å². The molecule has 110 valence electrons. The second-order valence-corrected chi connectivity index (χ2v) is 5.56. The monoisotopic (exact) mass is 285 g/mol. The molecular formula is C16H19N3O2. The van der Waals surface area contributed by atoms with Crippen molar-refractivity contribution in [2.24, 2.45) is 0 Å². The van der Waals surface area contributed by atoms with E-state index in [1.807, 2.05) is 11.8 Å². The van der Waals surface area contributed by atoms with Crippen molar-refractivity contribution in [2.75, 3.05) is 6.54 Å². The van der Waals surface area contributed by atoms with Crippen LogP contribution < -0.4 is 0 Å². The van der Waals surface area contributed by atoms with Crippen LogP contribution in [0.4, 0.5) is 0 Å². The maximum atomic E-state index is 12.1. The molecule has 0 N–H and O–H groups in total. The molecule has 1 unspecified atom stereocenters. The van der Waals surface area contributed by atoms with E-state index in [-0.39, 0.29) is 11.8 Å². The summed E-state index contributed by atoms with van der Waals surface area (Å²) in [6, 6.07) is 8.27. The van der Waals surface area contributed by atoms with Crippen LogP contribution in [0.5, 0.6) is 0 Å². The van der Waals surface area contributed by atoms with Crippen LogP contribution >= 0.6 is 0 Å².